The minimum absolute atomic E-state index is 0.134. The lowest BCUT2D eigenvalue weighted by atomic mass is 10.2. The first kappa shape index (κ1) is 13.4. The summed E-state index contributed by atoms with van der Waals surface area (Å²) in [5.74, 6) is 0.639. The first-order chi connectivity index (χ1) is 9.04. The molecule has 1 aliphatic rings. The van der Waals surface area contributed by atoms with Crippen molar-refractivity contribution in [1.82, 2.24) is 4.90 Å². The average Bonchev–Trinajstić information content (AvgIpc) is 2.64. The van der Waals surface area contributed by atoms with Gasteiger partial charge in [-0.25, -0.2) is 9.69 Å². The maximum atomic E-state index is 12.3. The molecule has 1 aliphatic heterocycles. The molecule has 1 aromatic rings. The van der Waals surface area contributed by atoms with E-state index in [4.69, 9.17) is 4.74 Å². The lowest BCUT2D eigenvalue weighted by Crippen LogP contribution is -2.34. The Morgan fingerprint density at radius 2 is 1.95 bits per heavy atom. The van der Waals surface area contributed by atoms with E-state index >= 15 is 0 Å². The quantitative estimate of drug-likeness (QED) is 0.781. The number of carbonyl (C=O) groups is 2. The number of hydrogen-bond acceptors (Lipinski definition) is 3. The molecule has 1 heterocycles. The molecule has 19 heavy (non-hydrogen) atoms. The molecule has 3 amide bonds. The maximum Gasteiger partial charge on any atom is 0.332 e. The van der Waals surface area contributed by atoms with Crippen molar-refractivity contribution < 1.29 is 14.3 Å². The molecule has 0 aliphatic carbocycles. The third-order valence-corrected chi connectivity index (χ3v) is 2.95. The van der Waals surface area contributed by atoms with Crippen LogP contribution in [0.3, 0.4) is 0 Å². The number of urea groups is 1. The monoisotopic (exact) mass is 262 g/mol. The molecule has 5 nitrogen and oxygen atoms in total. The first-order valence-electron chi connectivity index (χ1n) is 6.29. The number of anilines is 1. The molecular weight excluding hydrogens is 244 g/mol. The number of benzene rings is 1. The summed E-state index contributed by atoms with van der Waals surface area (Å²) in [7, 11) is 1.52. The number of carbonyl (C=O) groups excluding carboxylic acids is 2. The second-order valence-corrected chi connectivity index (χ2v) is 4.96. The van der Waals surface area contributed by atoms with Crippen LogP contribution in [0.15, 0.2) is 24.3 Å². The van der Waals surface area contributed by atoms with Crippen LogP contribution in [0, 0.1) is 5.92 Å². The molecule has 1 saturated heterocycles. The van der Waals surface area contributed by atoms with Crippen LogP contribution >= 0.6 is 0 Å². The fourth-order valence-corrected chi connectivity index (χ4v) is 2.19. The molecule has 2 rings (SSSR count). The molecule has 0 atom stereocenters. The molecule has 0 saturated carbocycles. The SMILES string of the molecule is COc1ccccc1N1C(=O)CN(CC(C)C)C1=O. The van der Waals surface area contributed by atoms with Crippen LogP contribution in [0.25, 0.3) is 0 Å². The van der Waals surface area contributed by atoms with Crippen LogP contribution < -0.4 is 9.64 Å². The normalized spacial score (nSPS) is 15.6. The van der Waals surface area contributed by atoms with E-state index in [-0.39, 0.29) is 18.5 Å². The number of methoxy groups -OCH3 is 1. The number of imide groups is 1. The Morgan fingerprint density at radius 3 is 2.58 bits per heavy atom. The number of ether oxygens (including phenoxy) is 1. The molecule has 5 heteroatoms. The van der Waals surface area contributed by atoms with Crippen LogP contribution in [0.5, 0.6) is 5.75 Å². The molecule has 1 aromatic carbocycles. The predicted octanol–water partition coefficient (Wildman–Crippen LogP) is 2.12. The summed E-state index contributed by atoms with van der Waals surface area (Å²) in [4.78, 5) is 27.1. The van der Waals surface area contributed by atoms with Crippen LogP contribution in [0.4, 0.5) is 10.5 Å². The third-order valence-electron chi connectivity index (χ3n) is 2.95. The molecule has 0 aromatic heterocycles. The van der Waals surface area contributed by atoms with Gasteiger partial charge in [0.25, 0.3) is 5.91 Å². The number of amides is 3. The molecule has 0 unspecified atom stereocenters. The van der Waals surface area contributed by atoms with Crippen LogP contribution in [-0.2, 0) is 4.79 Å². The zero-order valence-electron chi connectivity index (χ0n) is 11.4. The second kappa shape index (κ2) is 5.30. The number of para-hydroxylation sites is 2. The van der Waals surface area contributed by atoms with Gasteiger partial charge in [-0.05, 0) is 18.1 Å². The van der Waals surface area contributed by atoms with Gasteiger partial charge in [0.2, 0.25) is 0 Å². The van der Waals surface area contributed by atoms with Crippen LogP contribution in [0.2, 0.25) is 0 Å². The highest BCUT2D eigenvalue weighted by molar-refractivity contribution is 6.20. The van der Waals surface area contributed by atoms with Crippen LogP contribution in [0.1, 0.15) is 13.8 Å². The van der Waals surface area contributed by atoms with Crippen molar-refractivity contribution in [3.63, 3.8) is 0 Å². The average molecular weight is 262 g/mol. The van der Waals surface area contributed by atoms with E-state index in [1.807, 2.05) is 13.8 Å². The van der Waals surface area contributed by atoms with Crippen molar-refractivity contribution in [3.8, 4) is 5.75 Å². The van der Waals surface area contributed by atoms with Crippen molar-refractivity contribution in [2.24, 2.45) is 5.92 Å². The summed E-state index contributed by atoms with van der Waals surface area (Å²) < 4.78 is 5.21. The Balaban J connectivity index is 2.30. The fourth-order valence-electron chi connectivity index (χ4n) is 2.19. The van der Waals surface area contributed by atoms with Crippen molar-refractivity contribution in [2.75, 3.05) is 25.1 Å². The van der Waals surface area contributed by atoms with Crippen molar-refractivity contribution >= 4 is 17.6 Å². The lowest BCUT2D eigenvalue weighted by Gasteiger charge is -2.19. The smallest absolute Gasteiger partial charge is 0.332 e. The third kappa shape index (κ3) is 2.54. The van der Waals surface area contributed by atoms with Gasteiger partial charge in [-0.1, -0.05) is 26.0 Å². The van der Waals surface area contributed by atoms with Gasteiger partial charge in [-0.15, -0.1) is 0 Å². The molecule has 0 bridgehead atoms. The van der Waals surface area contributed by atoms with E-state index in [1.54, 1.807) is 29.2 Å². The van der Waals surface area contributed by atoms with Crippen molar-refractivity contribution in [1.29, 1.82) is 0 Å². The van der Waals surface area contributed by atoms with E-state index in [1.165, 1.54) is 12.0 Å². The van der Waals surface area contributed by atoms with E-state index in [2.05, 4.69) is 0 Å². The molecule has 0 spiro atoms. The minimum Gasteiger partial charge on any atom is -0.495 e. The molecule has 102 valence electrons. The van der Waals surface area contributed by atoms with Gasteiger partial charge < -0.3 is 9.64 Å². The first-order valence-corrected chi connectivity index (χ1v) is 6.29. The standard InChI is InChI=1S/C14H18N2O3/c1-10(2)8-15-9-13(17)16(14(15)18)11-6-4-5-7-12(11)19-3/h4-7,10H,8-9H2,1-3H3. The zero-order valence-corrected chi connectivity index (χ0v) is 11.4. The Bertz CT molecular complexity index is 499. The van der Waals surface area contributed by atoms with E-state index in [0.717, 1.165) is 0 Å². The van der Waals surface area contributed by atoms with Gasteiger partial charge in [0.05, 0.1) is 12.8 Å². The highest BCUT2D eigenvalue weighted by atomic mass is 16.5. The summed E-state index contributed by atoms with van der Waals surface area (Å²) >= 11 is 0. The molecular formula is C14H18N2O3. The topological polar surface area (TPSA) is 49.9 Å². The zero-order chi connectivity index (χ0) is 14.0. The lowest BCUT2D eigenvalue weighted by molar-refractivity contribution is -0.116. The summed E-state index contributed by atoms with van der Waals surface area (Å²) in [6.45, 7) is 4.75. The minimum atomic E-state index is -0.275. The van der Waals surface area contributed by atoms with Gasteiger partial charge in [-0.2, -0.15) is 0 Å². The van der Waals surface area contributed by atoms with E-state index in [0.29, 0.717) is 23.9 Å². The van der Waals surface area contributed by atoms with Gasteiger partial charge in [0.1, 0.15) is 12.3 Å². The van der Waals surface area contributed by atoms with Crippen molar-refractivity contribution in [2.45, 2.75) is 13.8 Å². The summed E-state index contributed by atoms with van der Waals surface area (Å²) in [6.07, 6.45) is 0. The summed E-state index contributed by atoms with van der Waals surface area (Å²) in [5.41, 5.74) is 0.506. The Kier molecular flexibility index (Phi) is 3.74. The van der Waals surface area contributed by atoms with Gasteiger partial charge in [0.15, 0.2) is 0 Å². The van der Waals surface area contributed by atoms with Crippen LogP contribution in [-0.4, -0.2) is 37.0 Å². The highest BCUT2D eigenvalue weighted by Crippen LogP contribution is 2.31. The fraction of sp³-hybridized carbons (Fsp3) is 0.429. The van der Waals surface area contributed by atoms with Gasteiger partial charge in [-0.3, -0.25) is 4.79 Å². The van der Waals surface area contributed by atoms with Gasteiger partial charge >= 0.3 is 6.03 Å². The van der Waals surface area contributed by atoms with Gasteiger partial charge in [0, 0.05) is 6.54 Å². The Hall–Kier alpha value is -2.04. The van der Waals surface area contributed by atoms with E-state index < -0.39 is 0 Å². The molecule has 0 N–H and O–H groups in total. The predicted molar refractivity (Wildman–Crippen MR) is 72.3 cm³/mol. The molecule has 0 radical (unpaired) electrons. The Labute approximate surface area is 112 Å². The largest absolute Gasteiger partial charge is 0.495 e. The number of hydrogen-bond donors (Lipinski definition) is 0. The summed E-state index contributed by atoms with van der Waals surface area (Å²) in [5, 5.41) is 0. The summed E-state index contributed by atoms with van der Waals surface area (Å²) in [6, 6.07) is 6.76. The number of rotatable bonds is 4. The van der Waals surface area contributed by atoms with E-state index in [9.17, 15) is 9.59 Å². The maximum absolute atomic E-state index is 12.3. The molecule has 1 fully saturated rings. The Morgan fingerprint density at radius 1 is 1.26 bits per heavy atom. The second-order valence-electron chi connectivity index (χ2n) is 4.96. The number of nitrogens with zero attached hydrogens (tertiary/aromatic N) is 2. The highest BCUT2D eigenvalue weighted by Gasteiger charge is 2.38. The van der Waals surface area contributed by atoms with Crippen molar-refractivity contribution in [3.05, 3.63) is 24.3 Å².